The number of hydrogen-bond acceptors (Lipinski definition) is 7. The van der Waals surface area contributed by atoms with Crippen LogP contribution in [0.15, 0.2) is 21.5 Å². The number of halogens is 1. The number of imide groups is 1. The van der Waals surface area contributed by atoms with Crippen molar-refractivity contribution in [3.63, 3.8) is 0 Å². The quantitative estimate of drug-likeness (QED) is 0.596. The highest BCUT2D eigenvalue weighted by Gasteiger charge is 2.41. The van der Waals surface area contributed by atoms with Crippen molar-refractivity contribution in [1.82, 2.24) is 4.90 Å². The Bertz CT molecular complexity index is 748. The predicted molar refractivity (Wildman–Crippen MR) is 91.6 cm³/mol. The first kappa shape index (κ1) is 18.3. The van der Waals surface area contributed by atoms with Gasteiger partial charge in [-0.3, -0.25) is 14.5 Å². The first-order chi connectivity index (χ1) is 11.3. The fraction of sp³-hybridized carbons (Fsp3) is 0.267. The average Bonchev–Trinajstić information content (AvgIpc) is 2.83. The second-order valence-electron chi connectivity index (χ2n) is 4.80. The van der Waals surface area contributed by atoms with E-state index in [1.807, 2.05) is 0 Å². The van der Waals surface area contributed by atoms with E-state index in [1.54, 1.807) is 6.07 Å². The van der Waals surface area contributed by atoms with Crippen LogP contribution in [0.4, 0.5) is 4.79 Å². The zero-order valence-electron chi connectivity index (χ0n) is 13.0. The SMILES string of the molecule is COC(=O)[C@@H](C)N1C(=O)S/C(=C\c2cc(Br)c(O)c(OC)c2)C1=O. The van der Waals surface area contributed by atoms with Crippen molar-refractivity contribution >= 4 is 50.9 Å². The minimum atomic E-state index is -1.01. The molecule has 2 rings (SSSR count). The molecule has 1 fully saturated rings. The Kier molecular flexibility index (Phi) is 5.55. The summed E-state index contributed by atoms with van der Waals surface area (Å²) in [5.74, 6) is -1.10. The van der Waals surface area contributed by atoms with Gasteiger partial charge >= 0.3 is 5.97 Å². The Morgan fingerprint density at radius 2 is 2.04 bits per heavy atom. The van der Waals surface area contributed by atoms with Gasteiger partial charge in [-0.1, -0.05) is 0 Å². The molecule has 1 aromatic carbocycles. The van der Waals surface area contributed by atoms with Gasteiger partial charge in [0.15, 0.2) is 11.5 Å². The van der Waals surface area contributed by atoms with Gasteiger partial charge in [0.25, 0.3) is 11.1 Å². The summed E-state index contributed by atoms with van der Waals surface area (Å²) in [5, 5.41) is 9.25. The maximum absolute atomic E-state index is 12.4. The van der Waals surface area contributed by atoms with Gasteiger partial charge in [-0.25, -0.2) is 4.79 Å². The molecule has 0 unspecified atom stereocenters. The van der Waals surface area contributed by atoms with Gasteiger partial charge in [-0.2, -0.15) is 0 Å². The summed E-state index contributed by atoms with van der Waals surface area (Å²) < 4.78 is 10.00. The summed E-state index contributed by atoms with van der Waals surface area (Å²) in [5.41, 5.74) is 0.549. The number of phenolic OH excluding ortho intramolecular Hbond substituents is 1. The Balaban J connectivity index is 2.36. The summed E-state index contributed by atoms with van der Waals surface area (Å²) in [7, 11) is 2.59. The Hall–Kier alpha value is -2.00. The van der Waals surface area contributed by atoms with Crippen LogP contribution in [-0.4, -0.2) is 47.4 Å². The van der Waals surface area contributed by atoms with E-state index < -0.39 is 23.2 Å². The minimum Gasteiger partial charge on any atom is -0.503 e. The standard InChI is InChI=1S/C15H14BrNO6S/c1-7(14(20)23-3)17-13(19)11(24-15(17)21)6-8-4-9(16)12(18)10(5-8)22-2/h4-7,18H,1-3H3/b11-6-/t7-/m1/s1. The number of benzene rings is 1. The molecule has 0 aliphatic carbocycles. The summed E-state index contributed by atoms with van der Waals surface area (Å²) in [6, 6.07) is 2.10. The van der Waals surface area contributed by atoms with E-state index in [2.05, 4.69) is 20.7 Å². The molecule has 1 atom stereocenters. The number of aromatic hydroxyl groups is 1. The zero-order chi connectivity index (χ0) is 18.0. The maximum Gasteiger partial charge on any atom is 0.328 e. The van der Waals surface area contributed by atoms with E-state index in [0.717, 1.165) is 16.7 Å². The molecule has 1 heterocycles. The van der Waals surface area contributed by atoms with E-state index in [9.17, 15) is 19.5 Å². The largest absolute Gasteiger partial charge is 0.503 e. The Morgan fingerprint density at radius 1 is 1.38 bits per heavy atom. The van der Waals surface area contributed by atoms with E-state index in [0.29, 0.717) is 10.0 Å². The Labute approximate surface area is 150 Å². The van der Waals surface area contributed by atoms with E-state index in [4.69, 9.17) is 4.74 Å². The highest BCUT2D eigenvalue weighted by molar-refractivity contribution is 9.10. The molecule has 7 nitrogen and oxygen atoms in total. The second-order valence-corrected chi connectivity index (χ2v) is 6.65. The van der Waals surface area contributed by atoms with Crippen LogP contribution >= 0.6 is 27.7 Å². The van der Waals surface area contributed by atoms with Crippen LogP contribution in [0.2, 0.25) is 0 Å². The number of nitrogens with zero attached hydrogens (tertiary/aromatic N) is 1. The lowest BCUT2D eigenvalue weighted by Crippen LogP contribution is -2.42. The van der Waals surface area contributed by atoms with E-state index in [-0.39, 0.29) is 16.4 Å². The van der Waals surface area contributed by atoms with Crippen molar-refractivity contribution in [2.75, 3.05) is 14.2 Å². The lowest BCUT2D eigenvalue weighted by Gasteiger charge is -2.18. The van der Waals surface area contributed by atoms with Crippen LogP contribution in [0.25, 0.3) is 6.08 Å². The topological polar surface area (TPSA) is 93.1 Å². The van der Waals surface area contributed by atoms with Crippen LogP contribution in [-0.2, 0) is 14.3 Å². The van der Waals surface area contributed by atoms with Gasteiger partial charge in [-0.15, -0.1) is 0 Å². The minimum absolute atomic E-state index is 0.0675. The molecule has 1 aromatic rings. The number of esters is 1. The third-order valence-electron chi connectivity index (χ3n) is 3.32. The van der Waals surface area contributed by atoms with Gasteiger partial charge in [0.1, 0.15) is 6.04 Å². The molecule has 2 amide bonds. The van der Waals surface area contributed by atoms with Crippen molar-refractivity contribution in [1.29, 1.82) is 0 Å². The summed E-state index contributed by atoms with van der Waals surface area (Å²) in [6.07, 6.45) is 1.49. The molecular weight excluding hydrogens is 402 g/mol. The van der Waals surface area contributed by atoms with Crippen molar-refractivity contribution in [3.05, 3.63) is 27.1 Å². The molecule has 1 aliphatic heterocycles. The molecule has 0 bridgehead atoms. The fourth-order valence-electron chi connectivity index (χ4n) is 2.07. The van der Waals surface area contributed by atoms with Crippen molar-refractivity contribution in [2.24, 2.45) is 0 Å². The van der Waals surface area contributed by atoms with Crippen LogP contribution < -0.4 is 4.74 Å². The number of phenols is 1. The van der Waals surface area contributed by atoms with Gasteiger partial charge in [-0.05, 0) is 58.4 Å². The molecule has 24 heavy (non-hydrogen) atoms. The molecular formula is C15H14BrNO6S. The van der Waals surface area contributed by atoms with Gasteiger partial charge in [0.2, 0.25) is 0 Å². The van der Waals surface area contributed by atoms with Crippen LogP contribution in [0.5, 0.6) is 11.5 Å². The molecule has 0 aromatic heterocycles. The molecule has 0 spiro atoms. The maximum atomic E-state index is 12.4. The average molecular weight is 416 g/mol. The fourth-order valence-corrected chi connectivity index (χ4v) is 3.44. The van der Waals surface area contributed by atoms with Crippen molar-refractivity contribution < 1.29 is 29.0 Å². The summed E-state index contributed by atoms with van der Waals surface area (Å²) >= 11 is 3.92. The number of carbonyl (C=O) groups excluding carboxylic acids is 3. The molecule has 1 N–H and O–H groups in total. The third-order valence-corrected chi connectivity index (χ3v) is 4.81. The van der Waals surface area contributed by atoms with Crippen molar-refractivity contribution in [2.45, 2.75) is 13.0 Å². The normalized spacial score (nSPS) is 17.3. The lowest BCUT2D eigenvalue weighted by molar-refractivity contribution is -0.148. The molecule has 128 valence electrons. The lowest BCUT2D eigenvalue weighted by atomic mass is 10.1. The van der Waals surface area contributed by atoms with Crippen molar-refractivity contribution in [3.8, 4) is 11.5 Å². The van der Waals surface area contributed by atoms with Gasteiger partial charge in [0, 0.05) is 0 Å². The number of rotatable bonds is 4. The second kappa shape index (κ2) is 7.27. The molecule has 0 radical (unpaired) electrons. The monoisotopic (exact) mass is 415 g/mol. The number of thioether (sulfide) groups is 1. The zero-order valence-corrected chi connectivity index (χ0v) is 15.4. The smallest absolute Gasteiger partial charge is 0.328 e. The number of amides is 2. The van der Waals surface area contributed by atoms with Gasteiger partial charge < -0.3 is 14.6 Å². The predicted octanol–water partition coefficient (Wildman–Crippen LogP) is 2.76. The van der Waals surface area contributed by atoms with Crippen LogP contribution in [0.1, 0.15) is 12.5 Å². The molecule has 9 heteroatoms. The summed E-state index contributed by atoms with van der Waals surface area (Å²) in [4.78, 5) is 37.0. The first-order valence-corrected chi connectivity index (χ1v) is 8.32. The molecule has 0 saturated carbocycles. The van der Waals surface area contributed by atoms with Gasteiger partial charge in [0.05, 0.1) is 23.6 Å². The number of hydrogen-bond donors (Lipinski definition) is 1. The third kappa shape index (κ3) is 3.41. The Morgan fingerprint density at radius 3 is 2.62 bits per heavy atom. The van der Waals surface area contributed by atoms with E-state index >= 15 is 0 Å². The number of carbonyl (C=O) groups is 3. The van der Waals surface area contributed by atoms with Crippen LogP contribution in [0.3, 0.4) is 0 Å². The number of ether oxygens (including phenoxy) is 2. The first-order valence-electron chi connectivity index (χ1n) is 6.71. The molecule has 1 saturated heterocycles. The number of methoxy groups -OCH3 is 2. The van der Waals surface area contributed by atoms with Crippen LogP contribution in [0, 0.1) is 0 Å². The highest BCUT2D eigenvalue weighted by Crippen LogP contribution is 2.38. The molecule has 1 aliphatic rings. The summed E-state index contributed by atoms with van der Waals surface area (Å²) in [6.45, 7) is 1.42. The highest BCUT2D eigenvalue weighted by atomic mass is 79.9. The van der Waals surface area contributed by atoms with E-state index in [1.165, 1.54) is 33.3 Å².